The maximum absolute atomic E-state index is 13.8. The molecule has 0 aliphatic rings. The molecular formula is C32H32F2N4O9PS2+. The monoisotopic (exact) mass is 749 g/mol. The molecule has 0 fully saturated rings. The van der Waals surface area contributed by atoms with Gasteiger partial charge in [0.2, 0.25) is 0 Å². The molecule has 0 radical (unpaired) electrons. The van der Waals surface area contributed by atoms with Crippen LogP contribution in [0, 0.1) is 11.8 Å². The fourth-order valence-corrected chi connectivity index (χ4v) is 7.18. The molecule has 13 nitrogen and oxygen atoms in total. The van der Waals surface area contributed by atoms with Crippen molar-refractivity contribution in [2.75, 3.05) is 36.7 Å². The number of thioether (sulfide) groups is 2. The quantitative estimate of drug-likeness (QED) is 0.0831. The molecule has 2 aromatic heterocycles. The van der Waals surface area contributed by atoms with E-state index in [4.69, 9.17) is 9.05 Å². The van der Waals surface area contributed by atoms with E-state index in [1.54, 1.807) is 36.4 Å². The summed E-state index contributed by atoms with van der Waals surface area (Å²) < 4.78 is 53.2. The van der Waals surface area contributed by atoms with Crippen LogP contribution in [0.3, 0.4) is 0 Å². The molecule has 0 amide bonds. The highest BCUT2D eigenvalue weighted by Gasteiger charge is 2.23. The molecular weight excluding hydrogens is 717 g/mol. The Balaban J connectivity index is 1.20. The van der Waals surface area contributed by atoms with Crippen molar-refractivity contribution in [3.8, 4) is 0 Å². The smallest absolute Gasteiger partial charge is 0.300 e. The molecule has 0 N–H and O–H groups in total. The molecule has 18 heteroatoms. The topological polar surface area (TPSA) is 158 Å². The minimum Gasteiger partial charge on any atom is -0.300 e. The predicted octanol–water partition coefficient (Wildman–Crippen LogP) is 3.65. The van der Waals surface area contributed by atoms with Crippen molar-refractivity contribution in [2.45, 2.75) is 13.1 Å². The lowest BCUT2D eigenvalue weighted by Gasteiger charge is -2.15. The zero-order valence-corrected chi connectivity index (χ0v) is 28.9. The van der Waals surface area contributed by atoms with Gasteiger partial charge in [-0.1, -0.05) is 36.4 Å². The minimum absolute atomic E-state index is 0.129. The van der Waals surface area contributed by atoms with Crippen molar-refractivity contribution in [3.05, 3.63) is 138 Å². The van der Waals surface area contributed by atoms with Gasteiger partial charge in [-0.05, 0) is 24.3 Å². The lowest BCUT2D eigenvalue weighted by molar-refractivity contribution is 0.0939. The Morgan fingerprint density at radius 3 is 1.38 bits per heavy atom. The average Bonchev–Trinajstić information content (AvgIpc) is 3.13. The lowest BCUT2D eigenvalue weighted by atomic mass is 10.2. The van der Waals surface area contributed by atoms with Crippen LogP contribution in [0.25, 0.3) is 0 Å². The molecule has 2 aromatic carbocycles. The third-order valence-electron chi connectivity index (χ3n) is 7.09. The van der Waals surface area contributed by atoms with Crippen LogP contribution in [0.2, 0.25) is 0 Å². The third-order valence-corrected chi connectivity index (χ3v) is 10.1. The molecule has 0 aliphatic heterocycles. The van der Waals surface area contributed by atoms with E-state index < -0.39 is 67.8 Å². The highest BCUT2D eigenvalue weighted by molar-refractivity contribution is 7.99. The summed E-state index contributed by atoms with van der Waals surface area (Å²) in [4.78, 5) is 75.9. The lowest BCUT2D eigenvalue weighted by Crippen LogP contribution is -2.44. The van der Waals surface area contributed by atoms with Crippen LogP contribution >= 0.6 is 31.8 Å². The summed E-state index contributed by atoms with van der Waals surface area (Å²) in [6.45, 7) is -1.90. The maximum Gasteiger partial charge on any atom is 0.699 e. The van der Waals surface area contributed by atoms with Crippen molar-refractivity contribution in [2.24, 2.45) is 11.8 Å². The summed E-state index contributed by atoms with van der Waals surface area (Å²) in [5.74, 6) is -2.97. The van der Waals surface area contributed by atoms with Gasteiger partial charge < -0.3 is 0 Å². The SMILES string of the molecule is O=C(c1ccccc1)n1c(=O)ccn(CC(CF)CSCO[P+](=O)OCSCC(CF)Cn2ccc(=O)n(C(=O)c3ccccc3)c2=O)c1=O. The van der Waals surface area contributed by atoms with Crippen LogP contribution in [-0.4, -0.2) is 66.8 Å². The van der Waals surface area contributed by atoms with Crippen LogP contribution in [0.15, 0.2) is 104 Å². The second kappa shape index (κ2) is 19.2. The van der Waals surface area contributed by atoms with Gasteiger partial charge in [0.25, 0.3) is 22.9 Å². The van der Waals surface area contributed by atoms with Crippen LogP contribution in [0.1, 0.15) is 20.7 Å². The number of halogens is 2. The fourth-order valence-electron chi connectivity index (χ4n) is 4.58. The van der Waals surface area contributed by atoms with Crippen LogP contribution < -0.4 is 22.5 Å². The second-order valence-electron chi connectivity index (χ2n) is 10.7. The molecule has 0 spiro atoms. The molecule has 4 aromatic rings. The number of carbonyl (C=O) groups excluding carboxylic acids is 2. The Morgan fingerprint density at radius 1 is 0.640 bits per heavy atom. The minimum atomic E-state index is -2.57. The highest BCUT2D eigenvalue weighted by Crippen LogP contribution is 2.28. The number of nitrogens with zero attached hydrogens (tertiary/aromatic N) is 4. The molecule has 2 unspecified atom stereocenters. The van der Waals surface area contributed by atoms with Gasteiger partial charge in [-0.2, -0.15) is 9.13 Å². The fraction of sp³-hybridized carbons (Fsp3) is 0.312. The van der Waals surface area contributed by atoms with Gasteiger partial charge in [0.1, 0.15) is 0 Å². The van der Waals surface area contributed by atoms with E-state index >= 15 is 0 Å². The summed E-state index contributed by atoms with van der Waals surface area (Å²) in [7, 11) is -2.57. The largest absolute Gasteiger partial charge is 0.699 e. The van der Waals surface area contributed by atoms with Crippen molar-refractivity contribution < 1.29 is 32.0 Å². The number of rotatable bonds is 18. The molecule has 0 saturated carbocycles. The third kappa shape index (κ3) is 10.4. The van der Waals surface area contributed by atoms with Crippen LogP contribution in [0.4, 0.5) is 8.78 Å². The number of aromatic nitrogens is 4. The zero-order valence-electron chi connectivity index (χ0n) is 26.4. The van der Waals surface area contributed by atoms with Gasteiger partial charge >= 0.3 is 19.6 Å². The first-order valence-electron chi connectivity index (χ1n) is 15.0. The molecule has 50 heavy (non-hydrogen) atoms. The number of hydrogen-bond acceptors (Lipinski definition) is 11. The average molecular weight is 750 g/mol. The molecule has 2 atom stereocenters. The molecule has 0 aliphatic carbocycles. The number of carbonyl (C=O) groups is 2. The Morgan fingerprint density at radius 2 is 1.02 bits per heavy atom. The molecule has 264 valence electrons. The standard InChI is InChI=1S/C32H32F2N4O9PS2/c33-15-23(17-35-13-11-27(39)37(31(35)43)29(41)25-7-3-1-4-8-25)19-49-21-46-48(45)47-22-50-20-24(16-34)18-36-14-12-28(40)38(32(36)44)30(42)26-9-5-2-6-10-26/h1-14,23-24H,15-22H2/q+1. The van der Waals surface area contributed by atoms with Crippen molar-refractivity contribution >= 4 is 43.6 Å². The molecule has 2 heterocycles. The summed E-state index contributed by atoms with van der Waals surface area (Å²) in [5, 5.41) is 0. The van der Waals surface area contributed by atoms with Crippen LogP contribution in [-0.2, 0) is 26.7 Å². The molecule has 4 rings (SSSR count). The predicted molar refractivity (Wildman–Crippen MR) is 186 cm³/mol. The first-order valence-corrected chi connectivity index (χ1v) is 18.4. The van der Waals surface area contributed by atoms with Crippen molar-refractivity contribution in [1.29, 1.82) is 0 Å². The normalized spacial score (nSPS) is 12.7. The van der Waals surface area contributed by atoms with Crippen LogP contribution in [0.5, 0.6) is 0 Å². The van der Waals surface area contributed by atoms with E-state index in [1.807, 2.05) is 0 Å². The summed E-state index contributed by atoms with van der Waals surface area (Å²) in [6.07, 6.45) is 2.39. The second-order valence-corrected chi connectivity index (χ2v) is 13.6. The maximum atomic E-state index is 13.8. The van der Waals surface area contributed by atoms with Gasteiger partial charge in [0.15, 0.2) is 11.9 Å². The van der Waals surface area contributed by atoms with Crippen molar-refractivity contribution in [1.82, 2.24) is 18.3 Å². The van der Waals surface area contributed by atoms with Gasteiger partial charge in [-0.15, -0.1) is 32.6 Å². The van der Waals surface area contributed by atoms with Gasteiger partial charge in [-0.3, -0.25) is 37.1 Å². The van der Waals surface area contributed by atoms with E-state index in [1.165, 1.54) is 36.7 Å². The highest BCUT2D eigenvalue weighted by atomic mass is 32.2. The van der Waals surface area contributed by atoms with E-state index in [0.717, 1.165) is 44.8 Å². The van der Waals surface area contributed by atoms with Gasteiger partial charge in [0, 0.05) is 76.6 Å². The first-order chi connectivity index (χ1) is 24.1. The first kappa shape index (κ1) is 38.5. The van der Waals surface area contributed by atoms with Crippen molar-refractivity contribution in [3.63, 3.8) is 0 Å². The number of benzene rings is 2. The van der Waals surface area contributed by atoms with E-state index in [2.05, 4.69) is 0 Å². The summed E-state index contributed by atoms with van der Waals surface area (Å²) in [6, 6.07) is 17.7. The van der Waals surface area contributed by atoms with E-state index in [9.17, 15) is 42.1 Å². The van der Waals surface area contributed by atoms with Gasteiger partial charge in [0.05, 0.1) is 13.3 Å². The number of alkyl halides is 2. The summed E-state index contributed by atoms with van der Waals surface area (Å²) in [5.41, 5.74) is -3.12. The van der Waals surface area contributed by atoms with Gasteiger partial charge in [-0.25, -0.2) is 9.59 Å². The number of hydrogen-bond donors (Lipinski definition) is 0. The molecule has 0 bridgehead atoms. The summed E-state index contributed by atoms with van der Waals surface area (Å²) >= 11 is 2.18. The Kier molecular flexibility index (Phi) is 14.8. The zero-order chi connectivity index (χ0) is 36.0. The Labute approximate surface area is 292 Å². The Bertz CT molecular complexity index is 1880. The van der Waals surface area contributed by atoms with E-state index in [0.29, 0.717) is 9.13 Å². The Hall–Kier alpha value is -4.28. The van der Waals surface area contributed by atoms with E-state index in [-0.39, 0.29) is 47.6 Å². The molecule has 0 saturated heterocycles.